The van der Waals surface area contributed by atoms with E-state index in [1.807, 2.05) is 18.2 Å². The second kappa shape index (κ2) is 7.01. The molecule has 0 unspecified atom stereocenters. The summed E-state index contributed by atoms with van der Waals surface area (Å²) in [6, 6.07) is 12.3. The molecule has 1 aromatic heterocycles. The first kappa shape index (κ1) is 16.5. The fourth-order valence-corrected chi connectivity index (χ4v) is 3.21. The van der Waals surface area contributed by atoms with Gasteiger partial charge >= 0.3 is 5.97 Å². The highest BCUT2D eigenvalue weighted by Crippen LogP contribution is 2.29. The number of amides is 1. The number of carbonyl (C=O) groups is 2. The Hall–Kier alpha value is -2.40. The minimum absolute atomic E-state index is 0.116. The molecule has 3 rings (SSSR count). The monoisotopic (exact) mass is 344 g/mol. The van der Waals surface area contributed by atoms with Gasteiger partial charge in [0.05, 0.1) is 0 Å². The summed E-state index contributed by atoms with van der Waals surface area (Å²) in [7, 11) is 0. The SMILES string of the molecule is O=C(O)c1cccc(C(=O)N2CCC(c3cccc(Cl)c3)CC2)n1. The predicted octanol–water partition coefficient (Wildman–Crippen LogP) is 3.45. The van der Waals surface area contributed by atoms with E-state index < -0.39 is 5.97 Å². The summed E-state index contributed by atoms with van der Waals surface area (Å²) in [5, 5.41) is 9.71. The van der Waals surface area contributed by atoms with Crippen molar-refractivity contribution in [2.75, 3.05) is 13.1 Å². The van der Waals surface area contributed by atoms with Crippen molar-refractivity contribution in [2.45, 2.75) is 18.8 Å². The molecule has 1 fully saturated rings. The van der Waals surface area contributed by atoms with Crippen molar-refractivity contribution < 1.29 is 14.7 Å². The first-order valence-electron chi connectivity index (χ1n) is 7.79. The Bertz CT molecular complexity index is 770. The molecule has 0 radical (unpaired) electrons. The van der Waals surface area contributed by atoms with Gasteiger partial charge in [-0.05, 0) is 48.6 Å². The topological polar surface area (TPSA) is 70.5 Å². The van der Waals surface area contributed by atoms with E-state index in [1.165, 1.54) is 11.6 Å². The van der Waals surface area contributed by atoms with Crippen LogP contribution in [0.3, 0.4) is 0 Å². The highest BCUT2D eigenvalue weighted by atomic mass is 35.5. The number of rotatable bonds is 3. The van der Waals surface area contributed by atoms with Gasteiger partial charge in [0.1, 0.15) is 11.4 Å². The van der Waals surface area contributed by atoms with Crippen LogP contribution in [0.25, 0.3) is 0 Å². The lowest BCUT2D eigenvalue weighted by molar-refractivity contribution is 0.0688. The molecule has 1 N–H and O–H groups in total. The molecular weight excluding hydrogens is 328 g/mol. The van der Waals surface area contributed by atoms with E-state index in [9.17, 15) is 9.59 Å². The number of hydrogen-bond donors (Lipinski definition) is 1. The number of aromatic nitrogens is 1. The third kappa shape index (κ3) is 3.57. The van der Waals surface area contributed by atoms with Gasteiger partial charge in [-0.2, -0.15) is 0 Å². The number of carboxylic acids is 1. The summed E-state index contributed by atoms with van der Waals surface area (Å²) >= 11 is 6.04. The number of likely N-dealkylation sites (tertiary alicyclic amines) is 1. The number of piperidine rings is 1. The molecule has 1 aliphatic heterocycles. The quantitative estimate of drug-likeness (QED) is 0.925. The van der Waals surface area contributed by atoms with Gasteiger partial charge < -0.3 is 10.0 Å². The van der Waals surface area contributed by atoms with Gasteiger partial charge in [-0.25, -0.2) is 9.78 Å². The maximum atomic E-state index is 12.5. The summed E-state index contributed by atoms with van der Waals surface area (Å²) in [6.07, 6.45) is 1.70. The summed E-state index contributed by atoms with van der Waals surface area (Å²) < 4.78 is 0. The number of carbonyl (C=O) groups excluding carboxylic acids is 1. The van der Waals surface area contributed by atoms with Gasteiger partial charge in [-0.1, -0.05) is 29.8 Å². The number of aromatic carboxylic acids is 1. The standard InChI is InChI=1S/C18H17ClN2O3/c19-14-4-1-3-13(11-14)12-7-9-21(10-8-12)17(22)15-5-2-6-16(20-15)18(23)24/h1-6,11-12H,7-10H2,(H,23,24). The van der Waals surface area contributed by atoms with E-state index in [0.29, 0.717) is 19.0 Å². The Kier molecular flexibility index (Phi) is 4.81. The van der Waals surface area contributed by atoms with Gasteiger partial charge in [0.15, 0.2) is 0 Å². The Morgan fingerprint density at radius 3 is 2.42 bits per heavy atom. The van der Waals surface area contributed by atoms with E-state index in [4.69, 9.17) is 16.7 Å². The largest absolute Gasteiger partial charge is 0.477 e. The average molecular weight is 345 g/mol. The Morgan fingerprint density at radius 2 is 1.75 bits per heavy atom. The molecule has 24 heavy (non-hydrogen) atoms. The molecule has 0 atom stereocenters. The number of nitrogens with zero attached hydrogens (tertiary/aromatic N) is 2. The molecule has 124 valence electrons. The van der Waals surface area contributed by atoms with Gasteiger partial charge in [-0.15, -0.1) is 0 Å². The molecule has 0 bridgehead atoms. The zero-order valence-electron chi connectivity index (χ0n) is 13.0. The first-order chi connectivity index (χ1) is 11.5. The highest BCUT2D eigenvalue weighted by Gasteiger charge is 2.25. The van der Waals surface area contributed by atoms with Crippen molar-refractivity contribution in [3.05, 3.63) is 64.4 Å². The Balaban J connectivity index is 1.67. The van der Waals surface area contributed by atoms with E-state index >= 15 is 0 Å². The van der Waals surface area contributed by atoms with E-state index in [0.717, 1.165) is 17.9 Å². The molecule has 1 saturated heterocycles. The summed E-state index contributed by atoms with van der Waals surface area (Å²) in [6.45, 7) is 1.24. The first-order valence-corrected chi connectivity index (χ1v) is 8.17. The van der Waals surface area contributed by atoms with Crippen LogP contribution in [0, 0.1) is 0 Å². The van der Waals surface area contributed by atoms with Crippen LogP contribution in [0.1, 0.15) is 45.3 Å². The van der Waals surface area contributed by atoms with Crippen LogP contribution in [0.2, 0.25) is 5.02 Å². The molecule has 0 spiro atoms. The van der Waals surface area contributed by atoms with E-state index in [2.05, 4.69) is 11.1 Å². The summed E-state index contributed by atoms with van der Waals surface area (Å²) in [5.74, 6) is -0.974. The number of halogens is 1. The third-order valence-electron chi connectivity index (χ3n) is 4.29. The number of carboxylic acid groups (broad SMARTS) is 1. The zero-order chi connectivity index (χ0) is 17.1. The number of pyridine rings is 1. The average Bonchev–Trinajstić information content (AvgIpc) is 2.61. The summed E-state index contributed by atoms with van der Waals surface area (Å²) in [5.41, 5.74) is 1.26. The van der Waals surface area contributed by atoms with Crippen LogP contribution < -0.4 is 0 Å². The molecule has 2 heterocycles. The number of hydrogen-bond acceptors (Lipinski definition) is 3. The highest BCUT2D eigenvalue weighted by molar-refractivity contribution is 6.30. The van der Waals surface area contributed by atoms with Gasteiger partial charge in [0, 0.05) is 18.1 Å². The molecule has 1 aliphatic rings. The lowest BCUT2D eigenvalue weighted by Crippen LogP contribution is -2.38. The van der Waals surface area contributed by atoms with Crippen molar-refractivity contribution >= 4 is 23.5 Å². The van der Waals surface area contributed by atoms with E-state index in [1.54, 1.807) is 17.0 Å². The van der Waals surface area contributed by atoms with Gasteiger partial charge in [0.2, 0.25) is 0 Å². The lowest BCUT2D eigenvalue weighted by atomic mass is 9.89. The van der Waals surface area contributed by atoms with Crippen LogP contribution in [0.4, 0.5) is 0 Å². The van der Waals surface area contributed by atoms with Gasteiger partial charge in [0.25, 0.3) is 5.91 Å². The Morgan fingerprint density at radius 1 is 1.08 bits per heavy atom. The molecule has 1 aromatic carbocycles. The second-order valence-corrected chi connectivity index (χ2v) is 6.27. The van der Waals surface area contributed by atoms with Crippen LogP contribution in [-0.2, 0) is 0 Å². The molecule has 2 aromatic rings. The van der Waals surface area contributed by atoms with Gasteiger partial charge in [-0.3, -0.25) is 4.79 Å². The summed E-state index contributed by atoms with van der Waals surface area (Å²) in [4.78, 5) is 29.2. The van der Waals surface area contributed by atoms with Crippen LogP contribution >= 0.6 is 11.6 Å². The predicted molar refractivity (Wildman–Crippen MR) is 90.5 cm³/mol. The van der Waals surface area contributed by atoms with Crippen LogP contribution in [0.5, 0.6) is 0 Å². The minimum Gasteiger partial charge on any atom is -0.477 e. The zero-order valence-corrected chi connectivity index (χ0v) is 13.7. The fourth-order valence-electron chi connectivity index (χ4n) is 3.01. The smallest absolute Gasteiger partial charge is 0.354 e. The van der Waals surface area contributed by atoms with Crippen molar-refractivity contribution in [3.63, 3.8) is 0 Å². The minimum atomic E-state index is -1.13. The Labute approximate surface area is 144 Å². The van der Waals surface area contributed by atoms with Crippen molar-refractivity contribution in [1.29, 1.82) is 0 Å². The van der Waals surface area contributed by atoms with Crippen molar-refractivity contribution in [2.24, 2.45) is 0 Å². The molecule has 5 nitrogen and oxygen atoms in total. The third-order valence-corrected chi connectivity index (χ3v) is 4.52. The molecule has 6 heteroatoms. The van der Waals surface area contributed by atoms with E-state index in [-0.39, 0.29) is 17.3 Å². The van der Waals surface area contributed by atoms with Crippen molar-refractivity contribution in [3.8, 4) is 0 Å². The number of benzene rings is 1. The second-order valence-electron chi connectivity index (χ2n) is 5.83. The normalized spacial score (nSPS) is 15.3. The van der Waals surface area contributed by atoms with Crippen molar-refractivity contribution in [1.82, 2.24) is 9.88 Å². The molecule has 1 amide bonds. The fraction of sp³-hybridized carbons (Fsp3) is 0.278. The molecular formula is C18H17ClN2O3. The molecule has 0 saturated carbocycles. The van der Waals surface area contributed by atoms with Crippen LogP contribution in [0.15, 0.2) is 42.5 Å². The maximum absolute atomic E-state index is 12.5. The lowest BCUT2D eigenvalue weighted by Gasteiger charge is -2.32. The molecule has 0 aliphatic carbocycles. The van der Waals surface area contributed by atoms with Crippen LogP contribution in [-0.4, -0.2) is 40.0 Å². The maximum Gasteiger partial charge on any atom is 0.354 e.